The van der Waals surface area contributed by atoms with Crippen molar-refractivity contribution in [3.8, 4) is 0 Å². The molecular formula is C21H42. The fourth-order valence-corrected chi connectivity index (χ4v) is 3.16. The molecule has 0 aliphatic heterocycles. The van der Waals surface area contributed by atoms with E-state index in [1.54, 1.807) is 5.57 Å². The predicted molar refractivity (Wildman–Crippen MR) is 98.8 cm³/mol. The summed E-state index contributed by atoms with van der Waals surface area (Å²) in [4.78, 5) is 0. The van der Waals surface area contributed by atoms with Crippen LogP contribution in [-0.2, 0) is 0 Å². The van der Waals surface area contributed by atoms with Crippen LogP contribution in [0.25, 0.3) is 0 Å². The lowest BCUT2D eigenvalue weighted by atomic mass is 9.91. The van der Waals surface area contributed by atoms with Gasteiger partial charge in [0.25, 0.3) is 0 Å². The van der Waals surface area contributed by atoms with Crippen LogP contribution in [0.2, 0.25) is 0 Å². The zero-order valence-electron chi connectivity index (χ0n) is 15.9. The first-order valence-corrected chi connectivity index (χ1v) is 9.61. The second-order valence-electron chi connectivity index (χ2n) is 7.82. The van der Waals surface area contributed by atoms with E-state index in [-0.39, 0.29) is 0 Å². The third kappa shape index (κ3) is 14.4. The van der Waals surface area contributed by atoms with Gasteiger partial charge in [0.1, 0.15) is 0 Å². The van der Waals surface area contributed by atoms with Crippen molar-refractivity contribution >= 4 is 0 Å². The Balaban J connectivity index is 3.52. The van der Waals surface area contributed by atoms with Crippen LogP contribution in [0.3, 0.4) is 0 Å². The molecule has 126 valence electrons. The zero-order chi connectivity index (χ0) is 16.1. The highest BCUT2D eigenvalue weighted by atomic mass is 14.1. The summed E-state index contributed by atoms with van der Waals surface area (Å²) in [6.07, 6.45) is 16.3. The van der Waals surface area contributed by atoms with Gasteiger partial charge >= 0.3 is 0 Å². The lowest BCUT2D eigenvalue weighted by molar-refractivity contribution is 0.389. The van der Waals surface area contributed by atoms with E-state index in [2.05, 4.69) is 47.6 Å². The molecule has 0 aromatic carbocycles. The van der Waals surface area contributed by atoms with Crippen molar-refractivity contribution in [3.05, 3.63) is 11.6 Å². The Morgan fingerprint density at radius 3 is 1.71 bits per heavy atom. The van der Waals surface area contributed by atoms with Gasteiger partial charge in [-0.1, -0.05) is 91.2 Å². The van der Waals surface area contributed by atoms with E-state index in [1.807, 2.05) is 0 Å². The van der Waals surface area contributed by atoms with Gasteiger partial charge in [-0.2, -0.15) is 0 Å². The Hall–Kier alpha value is -0.260. The molecule has 0 saturated carbocycles. The Morgan fingerprint density at radius 2 is 1.24 bits per heavy atom. The lowest BCUT2D eigenvalue weighted by Crippen LogP contribution is -2.00. The minimum atomic E-state index is 0.877. The molecule has 0 aliphatic rings. The molecule has 2 atom stereocenters. The highest BCUT2D eigenvalue weighted by Crippen LogP contribution is 2.22. The fourth-order valence-electron chi connectivity index (χ4n) is 3.16. The van der Waals surface area contributed by atoms with Crippen LogP contribution in [0.4, 0.5) is 0 Å². The van der Waals surface area contributed by atoms with Crippen LogP contribution in [0.1, 0.15) is 106 Å². The Bertz CT molecular complexity index is 249. The minimum Gasteiger partial charge on any atom is -0.0859 e. The largest absolute Gasteiger partial charge is 0.0859 e. The molecule has 0 nitrogen and oxygen atoms in total. The number of hydrogen-bond donors (Lipinski definition) is 0. The molecule has 0 aliphatic carbocycles. The normalized spacial score (nSPS) is 15.5. The van der Waals surface area contributed by atoms with Gasteiger partial charge in [0.2, 0.25) is 0 Å². The lowest BCUT2D eigenvalue weighted by Gasteiger charge is -2.15. The molecule has 0 heteroatoms. The van der Waals surface area contributed by atoms with Crippen molar-refractivity contribution < 1.29 is 0 Å². The third-order valence-corrected chi connectivity index (χ3v) is 4.69. The van der Waals surface area contributed by atoms with Crippen molar-refractivity contribution in [3.63, 3.8) is 0 Å². The monoisotopic (exact) mass is 294 g/mol. The van der Waals surface area contributed by atoms with Crippen LogP contribution < -0.4 is 0 Å². The SMILES string of the molecule is CCC=C(C)CCC[C@H](C)CCC[C@H](C)CCCC(C)C. The van der Waals surface area contributed by atoms with E-state index in [1.165, 1.54) is 64.2 Å². The molecule has 0 heterocycles. The summed E-state index contributed by atoms with van der Waals surface area (Å²) in [5, 5.41) is 0. The molecule has 0 bridgehead atoms. The van der Waals surface area contributed by atoms with Crippen LogP contribution in [-0.4, -0.2) is 0 Å². The van der Waals surface area contributed by atoms with Crippen LogP contribution in [0.15, 0.2) is 11.6 Å². The first-order chi connectivity index (χ1) is 9.95. The first-order valence-electron chi connectivity index (χ1n) is 9.61. The van der Waals surface area contributed by atoms with Gasteiger partial charge in [-0.05, 0) is 43.9 Å². The smallest absolute Gasteiger partial charge is 0.0323 e. The molecule has 0 aromatic heterocycles. The van der Waals surface area contributed by atoms with E-state index < -0.39 is 0 Å². The Labute approximate surface area is 135 Å². The second-order valence-corrected chi connectivity index (χ2v) is 7.82. The number of rotatable bonds is 13. The summed E-state index contributed by atoms with van der Waals surface area (Å²) in [6.45, 7) is 14.1. The van der Waals surface area contributed by atoms with E-state index in [9.17, 15) is 0 Å². The van der Waals surface area contributed by atoms with Crippen LogP contribution in [0.5, 0.6) is 0 Å². The molecular weight excluding hydrogens is 252 g/mol. The summed E-state index contributed by atoms with van der Waals surface area (Å²) in [5.41, 5.74) is 1.59. The quantitative estimate of drug-likeness (QED) is 0.304. The van der Waals surface area contributed by atoms with Crippen molar-refractivity contribution in [2.45, 2.75) is 106 Å². The Kier molecular flexibility index (Phi) is 13.2. The van der Waals surface area contributed by atoms with E-state index in [4.69, 9.17) is 0 Å². The van der Waals surface area contributed by atoms with Gasteiger partial charge < -0.3 is 0 Å². The van der Waals surface area contributed by atoms with Gasteiger partial charge in [-0.25, -0.2) is 0 Å². The van der Waals surface area contributed by atoms with E-state index in [0.717, 1.165) is 17.8 Å². The third-order valence-electron chi connectivity index (χ3n) is 4.69. The van der Waals surface area contributed by atoms with Crippen LogP contribution >= 0.6 is 0 Å². The predicted octanol–water partition coefficient (Wildman–Crippen LogP) is 7.78. The summed E-state index contributed by atoms with van der Waals surface area (Å²) in [5.74, 6) is 2.73. The van der Waals surface area contributed by atoms with Crippen LogP contribution in [0, 0.1) is 17.8 Å². The van der Waals surface area contributed by atoms with Crippen molar-refractivity contribution in [1.82, 2.24) is 0 Å². The average molecular weight is 295 g/mol. The molecule has 0 N–H and O–H groups in total. The molecule has 0 radical (unpaired) electrons. The van der Waals surface area contributed by atoms with Gasteiger partial charge in [-0.15, -0.1) is 0 Å². The van der Waals surface area contributed by atoms with Gasteiger partial charge in [0.15, 0.2) is 0 Å². The average Bonchev–Trinajstić information content (AvgIpc) is 2.38. The molecule has 21 heavy (non-hydrogen) atoms. The maximum atomic E-state index is 2.45. The maximum Gasteiger partial charge on any atom is -0.0323 e. The molecule has 0 fully saturated rings. The minimum absolute atomic E-state index is 0.877. The van der Waals surface area contributed by atoms with E-state index >= 15 is 0 Å². The number of allylic oxidation sites excluding steroid dienone is 2. The maximum absolute atomic E-state index is 2.45. The molecule has 0 aromatic rings. The standard InChI is InChI=1S/C21H42/c1-7-11-19(4)14-9-15-21(6)17-10-16-20(5)13-8-12-18(2)3/h11,18,20-21H,7-10,12-17H2,1-6H3/t20-,21+/m1/s1. The first kappa shape index (κ1) is 20.7. The summed E-state index contributed by atoms with van der Waals surface area (Å²) in [7, 11) is 0. The Morgan fingerprint density at radius 1 is 0.762 bits per heavy atom. The highest BCUT2D eigenvalue weighted by molar-refractivity contribution is 4.96. The summed E-state index contributed by atoms with van der Waals surface area (Å²) >= 11 is 0. The van der Waals surface area contributed by atoms with Crippen molar-refractivity contribution in [1.29, 1.82) is 0 Å². The van der Waals surface area contributed by atoms with Gasteiger partial charge in [0.05, 0.1) is 0 Å². The highest BCUT2D eigenvalue weighted by Gasteiger charge is 2.06. The van der Waals surface area contributed by atoms with E-state index in [0.29, 0.717) is 0 Å². The fraction of sp³-hybridized carbons (Fsp3) is 0.905. The summed E-state index contributed by atoms with van der Waals surface area (Å²) < 4.78 is 0. The zero-order valence-corrected chi connectivity index (χ0v) is 15.9. The topological polar surface area (TPSA) is 0 Å². The molecule has 0 rings (SSSR count). The van der Waals surface area contributed by atoms with Crippen molar-refractivity contribution in [2.75, 3.05) is 0 Å². The van der Waals surface area contributed by atoms with Gasteiger partial charge in [-0.3, -0.25) is 0 Å². The van der Waals surface area contributed by atoms with Gasteiger partial charge in [0, 0.05) is 0 Å². The molecule has 0 amide bonds. The molecule has 0 saturated heterocycles. The summed E-state index contributed by atoms with van der Waals surface area (Å²) in [6, 6.07) is 0. The second kappa shape index (κ2) is 13.4. The molecule has 0 spiro atoms. The number of hydrogen-bond acceptors (Lipinski definition) is 0. The van der Waals surface area contributed by atoms with Crippen molar-refractivity contribution in [2.24, 2.45) is 17.8 Å². The molecule has 0 unspecified atom stereocenters.